The van der Waals surface area contributed by atoms with Gasteiger partial charge in [-0.25, -0.2) is 0 Å². The molecule has 0 spiro atoms. The molecule has 1 aromatic heterocycles. The number of rotatable bonds is 6. The molecule has 98 valence electrons. The maximum Gasteiger partial charge on any atom is 0.320 e. The Morgan fingerprint density at radius 3 is 2.94 bits per heavy atom. The summed E-state index contributed by atoms with van der Waals surface area (Å²) in [6, 6.07) is 2.56. The Bertz CT molecular complexity index is 421. The molecule has 1 aliphatic carbocycles. The average molecular weight is 313 g/mol. The molecule has 0 amide bonds. The molecule has 0 aromatic carbocycles. The highest BCUT2D eigenvalue weighted by molar-refractivity contribution is 9.10. The van der Waals surface area contributed by atoms with E-state index in [1.165, 1.54) is 12.8 Å². The van der Waals surface area contributed by atoms with Crippen LogP contribution >= 0.6 is 15.9 Å². The highest BCUT2D eigenvalue weighted by atomic mass is 79.9. The van der Waals surface area contributed by atoms with Crippen LogP contribution < -0.4 is 0 Å². The van der Waals surface area contributed by atoms with Gasteiger partial charge in [-0.05, 0) is 47.3 Å². The lowest BCUT2D eigenvalue weighted by atomic mass is 10.2. The van der Waals surface area contributed by atoms with Crippen LogP contribution in [0.1, 0.15) is 25.3 Å². The van der Waals surface area contributed by atoms with E-state index in [4.69, 9.17) is 4.74 Å². The van der Waals surface area contributed by atoms with Gasteiger partial charge in [0.25, 0.3) is 0 Å². The number of hydrogen-bond donors (Lipinski definition) is 0. The monoisotopic (exact) mass is 312 g/mol. The third kappa shape index (κ3) is 4.07. The second kappa shape index (κ2) is 6.29. The van der Waals surface area contributed by atoms with Gasteiger partial charge in [-0.3, -0.25) is 14.7 Å². The zero-order valence-electron chi connectivity index (χ0n) is 10.4. The Hall–Kier alpha value is -0.940. The van der Waals surface area contributed by atoms with Crippen LogP contribution in [0.2, 0.25) is 0 Å². The summed E-state index contributed by atoms with van der Waals surface area (Å²) >= 11 is 3.41. The number of pyridine rings is 1. The van der Waals surface area contributed by atoms with Gasteiger partial charge < -0.3 is 4.74 Å². The number of nitrogens with zero attached hydrogens (tertiary/aromatic N) is 2. The number of carbonyl (C=O) groups is 1. The summed E-state index contributed by atoms with van der Waals surface area (Å²) in [5.74, 6) is -0.146. The van der Waals surface area contributed by atoms with Gasteiger partial charge >= 0.3 is 5.97 Å². The SMILES string of the molecule is CCOC(=O)CN(Cc1cncc(Br)c1)C1CC1. The van der Waals surface area contributed by atoms with Crippen molar-refractivity contribution >= 4 is 21.9 Å². The summed E-state index contributed by atoms with van der Waals surface area (Å²) in [5, 5.41) is 0. The van der Waals surface area contributed by atoms with Crippen LogP contribution in [0, 0.1) is 0 Å². The third-order valence-corrected chi connectivity index (χ3v) is 3.28. The lowest BCUT2D eigenvalue weighted by molar-refractivity contribution is -0.144. The van der Waals surface area contributed by atoms with Crippen LogP contribution in [0.15, 0.2) is 22.9 Å². The molecule has 5 heteroatoms. The Labute approximate surface area is 115 Å². The van der Waals surface area contributed by atoms with E-state index in [0.29, 0.717) is 19.2 Å². The van der Waals surface area contributed by atoms with Crippen LogP contribution in [0.3, 0.4) is 0 Å². The molecule has 1 saturated carbocycles. The lowest BCUT2D eigenvalue weighted by Crippen LogP contribution is -2.32. The van der Waals surface area contributed by atoms with E-state index in [2.05, 4.69) is 25.8 Å². The van der Waals surface area contributed by atoms with E-state index >= 15 is 0 Å². The molecule has 4 nitrogen and oxygen atoms in total. The standard InChI is InChI=1S/C13H17BrN2O2/c1-2-18-13(17)9-16(12-3-4-12)8-10-5-11(14)7-15-6-10/h5-7,12H,2-4,8-9H2,1H3. The first-order valence-corrected chi connectivity index (χ1v) is 6.97. The molecule has 1 fully saturated rings. The molecule has 18 heavy (non-hydrogen) atoms. The molecule has 0 radical (unpaired) electrons. The fraction of sp³-hybridized carbons (Fsp3) is 0.538. The van der Waals surface area contributed by atoms with Gasteiger partial charge in [-0.2, -0.15) is 0 Å². The fourth-order valence-corrected chi connectivity index (χ4v) is 2.32. The fourth-order valence-electron chi connectivity index (χ4n) is 1.90. The number of aromatic nitrogens is 1. The first-order chi connectivity index (χ1) is 8.69. The van der Waals surface area contributed by atoms with E-state index in [0.717, 1.165) is 16.6 Å². The summed E-state index contributed by atoms with van der Waals surface area (Å²) in [5.41, 5.74) is 1.11. The highest BCUT2D eigenvalue weighted by Gasteiger charge is 2.30. The van der Waals surface area contributed by atoms with Crippen molar-refractivity contribution in [1.82, 2.24) is 9.88 Å². The number of esters is 1. The molecule has 1 aromatic rings. The van der Waals surface area contributed by atoms with Crippen LogP contribution in [0.25, 0.3) is 0 Å². The zero-order chi connectivity index (χ0) is 13.0. The van der Waals surface area contributed by atoms with Crippen LogP contribution in [0.4, 0.5) is 0 Å². The van der Waals surface area contributed by atoms with Crippen molar-refractivity contribution in [2.45, 2.75) is 32.4 Å². The predicted octanol–water partition coefficient (Wildman–Crippen LogP) is 2.37. The number of carbonyl (C=O) groups excluding carboxylic acids is 1. The normalized spacial score (nSPS) is 14.8. The number of halogens is 1. The Balaban J connectivity index is 1.96. The van der Waals surface area contributed by atoms with Crippen molar-refractivity contribution in [3.8, 4) is 0 Å². The second-order valence-electron chi connectivity index (χ2n) is 4.45. The van der Waals surface area contributed by atoms with Crippen molar-refractivity contribution in [2.75, 3.05) is 13.2 Å². The summed E-state index contributed by atoms with van der Waals surface area (Å²) in [6.45, 7) is 3.38. The quantitative estimate of drug-likeness (QED) is 0.756. The minimum Gasteiger partial charge on any atom is -0.465 e. The van der Waals surface area contributed by atoms with E-state index < -0.39 is 0 Å². The Kier molecular flexibility index (Phi) is 4.72. The van der Waals surface area contributed by atoms with Gasteiger partial charge in [0.2, 0.25) is 0 Å². The van der Waals surface area contributed by atoms with Crippen LogP contribution in [0.5, 0.6) is 0 Å². The van der Waals surface area contributed by atoms with Gasteiger partial charge in [-0.15, -0.1) is 0 Å². The lowest BCUT2D eigenvalue weighted by Gasteiger charge is -2.20. The van der Waals surface area contributed by atoms with E-state index in [1.807, 2.05) is 19.2 Å². The van der Waals surface area contributed by atoms with Gasteiger partial charge in [0.05, 0.1) is 13.2 Å². The van der Waals surface area contributed by atoms with Crippen LogP contribution in [-0.4, -0.2) is 35.0 Å². The molecule has 0 N–H and O–H groups in total. The largest absolute Gasteiger partial charge is 0.465 e. The van der Waals surface area contributed by atoms with Crippen LogP contribution in [-0.2, 0) is 16.1 Å². The molecular weight excluding hydrogens is 296 g/mol. The topological polar surface area (TPSA) is 42.4 Å². The number of hydrogen-bond acceptors (Lipinski definition) is 4. The molecule has 0 unspecified atom stereocenters. The Morgan fingerprint density at radius 2 is 2.33 bits per heavy atom. The molecule has 1 aliphatic rings. The zero-order valence-corrected chi connectivity index (χ0v) is 12.0. The first kappa shape index (κ1) is 13.5. The minimum atomic E-state index is -0.146. The smallest absolute Gasteiger partial charge is 0.320 e. The average Bonchev–Trinajstić information content (AvgIpc) is 3.12. The first-order valence-electron chi connectivity index (χ1n) is 6.18. The summed E-state index contributed by atoms with van der Waals surface area (Å²) in [4.78, 5) is 17.9. The molecule has 0 atom stereocenters. The molecule has 2 rings (SSSR count). The van der Waals surface area contributed by atoms with Gasteiger partial charge in [0, 0.05) is 29.5 Å². The summed E-state index contributed by atoms with van der Waals surface area (Å²) in [7, 11) is 0. The van der Waals surface area contributed by atoms with Crippen molar-refractivity contribution in [1.29, 1.82) is 0 Å². The van der Waals surface area contributed by atoms with Gasteiger partial charge in [0.1, 0.15) is 0 Å². The van der Waals surface area contributed by atoms with E-state index in [1.54, 1.807) is 6.20 Å². The maximum atomic E-state index is 11.6. The van der Waals surface area contributed by atoms with Crippen molar-refractivity contribution in [3.63, 3.8) is 0 Å². The van der Waals surface area contributed by atoms with E-state index in [-0.39, 0.29) is 5.97 Å². The molecular formula is C13H17BrN2O2. The van der Waals surface area contributed by atoms with Crippen molar-refractivity contribution < 1.29 is 9.53 Å². The van der Waals surface area contributed by atoms with Gasteiger partial charge in [0.15, 0.2) is 0 Å². The van der Waals surface area contributed by atoms with Gasteiger partial charge in [-0.1, -0.05) is 0 Å². The van der Waals surface area contributed by atoms with Crippen molar-refractivity contribution in [3.05, 3.63) is 28.5 Å². The third-order valence-electron chi connectivity index (χ3n) is 2.85. The minimum absolute atomic E-state index is 0.146. The molecule has 1 heterocycles. The van der Waals surface area contributed by atoms with E-state index in [9.17, 15) is 4.79 Å². The second-order valence-corrected chi connectivity index (χ2v) is 5.37. The number of ether oxygens (including phenoxy) is 1. The summed E-state index contributed by atoms with van der Waals surface area (Å²) in [6.07, 6.45) is 5.93. The maximum absolute atomic E-state index is 11.6. The predicted molar refractivity (Wildman–Crippen MR) is 72.0 cm³/mol. The highest BCUT2D eigenvalue weighted by Crippen LogP contribution is 2.28. The Morgan fingerprint density at radius 1 is 1.56 bits per heavy atom. The summed E-state index contributed by atoms with van der Waals surface area (Å²) < 4.78 is 5.97. The molecule has 0 bridgehead atoms. The van der Waals surface area contributed by atoms with Crippen molar-refractivity contribution in [2.24, 2.45) is 0 Å². The molecule has 0 saturated heterocycles. The molecule has 0 aliphatic heterocycles.